The number of rotatable bonds is 3. The fraction of sp³-hybridized carbons (Fsp3) is 0.200. The third kappa shape index (κ3) is 3.34. The van der Waals surface area contributed by atoms with Crippen LogP contribution >= 0.6 is 0 Å². The molecular formula is C30H28N4O3. The van der Waals surface area contributed by atoms with E-state index in [9.17, 15) is 9.59 Å². The highest BCUT2D eigenvalue weighted by atomic mass is 16.5. The van der Waals surface area contributed by atoms with Crippen LogP contribution in [0.3, 0.4) is 0 Å². The Balaban J connectivity index is 1.79. The summed E-state index contributed by atoms with van der Waals surface area (Å²) in [5.41, 5.74) is 6.27. The smallest absolute Gasteiger partial charge is 0.331 e. The molecule has 0 unspecified atom stereocenters. The maximum Gasteiger partial charge on any atom is 0.331 e. The van der Waals surface area contributed by atoms with Gasteiger partial charge in [0.1, 0.15) is 5.75 Å². The number of hydrogen-bond donors (Lipinski definition) is 0. The Labute approximate surface area is 214 Å². The van der Waals surface area contributed by atoms with Crippen LogP contribution in [-0.2, 0) is 14.1 Å². The molecule has 0 aliphatic carbocycles. The molecule has 0 N–H and O–H groups in total. The van der Waals surface area contributed by atoms with Crippen molar-refractivity contribution in [3.63, 3.8) is 0 Å². The van der Waals surface area contributed by atoms with Gasteiger partial charge < -0.3 is 14.2 Å². The monoisotopic (exact) mass is 492 g/mol. The number of para-hydroxylation sites is 2. The summed E-state index contributed by atoms with van der Waals surface area (Å²) in [7, 11) is 7.25. The molecule has 3 aromatic carbocycles. The summed E-state index contributed by atoms with van der Waals surface area (Å²) in [5, 5.41) is 0.499. The number of aryl methyl sites for hydroxylation is 2. The second-order valence-corrected chi connectivity index (χ2v) is 9.82. The zero-order valence-corrected chi connectivity index (χ0v) is 21.5. The summed E-state index contributed by atoms with van der Waals surface area (Å²) in [6, 6.07) is 24.2. The van der Waals surface area contributed by atoms with E-state index in [2.05, 4.69) is 4.57 Å². The minimum atomic E-state index is -0.523. The van der Waals surface area contributed by atoms with Gasteiger partial charge in [-0.05, 0) is 42.3 Å². The van der Waals surface area contributed by atoms with E-state index in [0.717, 1.165) is 39.5 Å². The normalized spacial score (nSPS) is 14.2. The maximum absolute atomic E-state index is 13.7. The van der Waals surface area contributed by atoms with E-state index in [0.29, 0.717) is 16.7 Å². The predicted octanol–water partition coefficient (Wildman–Crippen LogP) is 4.55. The van der Waals surface area contributed by atoms with E-state index in [1.807, 2.05) is 98.7 Å². The van der Waals surface area contributed by atoms with Gasteiger partial charge in [0.15, 0.2) is 6.10 Å². The molecule has 0 bridgehead atoms. The third-order valence-corrected chi connectivity index (χ3v) is 7.25. The van der Waals surface area contributed by atoms with Gasteiger partial charge in [0.05, 0.1) is 28.0 Å². The fourth-order valence-corrected chi connectivity index (χ4v) is 5.27. The molecule has 186 valence electrons. The van der Waals surface area contributed by atoms with Gasteiger partial charge in [0, 0.05) is 33.9 Å². The molecule has 1 aliphatic rings. The molecule has 0 saturated carbocycles. The molecule has 0 spiro atoms. The van der Waals surface area contributed by atoms with Crippen LogP contribution in [0, 0.1) is 6.92 Å². The van der Waals surface area contributed by atoms with Crippen molar-refractivity contribution in [3.05, 3.63) is 110 Å². The second kappa shape index (κ2) is 8.27. The van der Waals surface area contributed by atoms with E-state index in [1.54, 1.807) is 11.6 Å². The first-order valence-corrected chi connectivity index (χ1v) is 12.2. The van der Waals surface area contributed by atoms with Crippen molar-refractivity contribution in [1.82, 2.24) is 13.7 Å². The van der Waals surface area contributed by atoms with Crippen molar-refractivity contribution >= 4 is 16.6 Å². The summed E-state index contributed by atoms with van der Waals surface area (Å²) in [6.45, 7) is 2.04. The van der Waals surface area contributed by atoms with E-state index in [-0.39, 0.29) is 11.2 Å². The molecule has 1 atom stereocenters. The van der Waals surface area contributed by atoms with E-state index in [1.165, 1.54) is 11.6 Å². The van der Waals surface area contributed by atoms with Gasteiger partial charge in [0.2, 0.25) is 0 Å². The van der Waals surface area contributed by atoms with E-state index >= 15 is 0 Å². The number of hydrogen-bond acceptors (Lipinski definition) is 4. The van der Waals surface area contributed by atoms with Crippen molar-refractivity contribution in [2.24, 2.45) is 14.1 Å². The number of nitrogens with zero attached hydrogens (tertiary/aromatic N) is 4. The summed E-state index contributed by atoms with van der Waals surface area (Å²) < 4.78 is 11.5. The Morgan fingerprint density at radius 3 is 2.19 bits per heavy atom. The zero-order chi connectivity index (χ0) is 26.0. The first-order valence-electron chi connectivity index (χ1n) is 12.2. The van der Waals surface area contributed by atoms with E-state index < -0.39 is 6.10 Å². The predicted molar refractivity (Wildman–Crippen MR) is 147 cm³/mol. The van der Waals surface area contributed by atoms with Crippen molar-refractivity contribution in [1.29, 1.82) is 0 Å². The summed E-state index contributed by atoms with van der Waals surface area (Å²) >= 11 is 0. The fourth-order valence-electron chi connectivity index (χ4n) is 5.27. The average Bonchev–Trinajstić information content (AvgIpc) is 3.27. The number of benzene rings is 3. The Hall–Kier alpha value is -4.52. The summed E-state index contributed by atoms with van der Waals surface area (Å²) in [5.74, 6) is 0.715. The molecule has 7 heteroatoms. The van der Waals surface area contributed by atoms with Gasteiger partial charge in [-0.1, -0.05) is 54.1 Å². The lowest BCUT2D eigenvalue weighted by molar-refractivity contribution is 0.229. The molecule has 0 radical (unpaired) electrons. The number of aromatic nitrogens is 3. The molecule has 7 nitrogen and oxygen atoms in total. The molecule has 37 heavy (non-hydrogen) atoms. The minimum absolute atomic E-state index is 0.324. The molecule has 2 aromatic heterocycles. The summed E-state index contributed by atoms with van der Waals surface area (Å²) in [6.07, 6.45) is -0.523. The molecule has 1 aliphatic heterocycles. The van der Waals surface area contributed by atoms with Crippen molar-refractivity contribution in [3.8, 4) is 22.7 Å². The standard InChI is InChI=1S/C30H28N4O3/c1-18-10-12-19(13-11-18)25-24-26(32(4)30(36)33(5)29(24)35)27-28(20-14-16-21(17-15-20)31(2)3)37-23-9-7-6-8-22(23)34(25)27/h6-17,28H,1-5H3/t28-/m0/s1. The minimum Gasteiger partial charge on any atom is -0.477 e. The van der Waals surface area contributed by atoms with Crippen LogP contribution in [0.4, 0.5) is 5.69 Å². The van der Waals surface area contributed by atoms with E-state index in [4.69, 9.17) is 4.74 Å². The molecule has 0 saturated heterocycles. The van der Waals surface area contributed by atoms with Gasteiger partial charge in [-0.15, -0.1) is 0 Å². The SMILES string of the molecule is Cc1ccc(-c2c3c(=O)n(C)c(=O)n(C)c3c3n2-c2ccccc2O[C@H]3c2ccc(N(C)C)cc2)cc1. The third-order valence-electron chi connectivity index (χ3n) is 7.25. The van der Waals surface area contributed by atoms with Crippen molar-refractivity contribution < 1.29 is 4.74 Å². The van der Waals surface area contributed by atoms with Crippen LogP contribution in [0.25, 0.3) is 27.8 Å². The van der Waals surface area contributed by atoms with Crippen molar-refractivity contribution in [2.45, 2.75) is 13.0 Å². The van der Waals surface area contributed by atoms with Gasteiger partial charge in [-0.2, -0.15) is 0 Å². The molecule has 5 aromatic rings. The molecule has 3 heterocycles. The average molecular weight is 493 g/mol. The molecule has 0 amide bonds. The molecule has 6 rings (SSSR count). The lowest BCUT2D eigenvalue weighted by Gasteiger charge is -2.30. The Morgan fingerprint density at radius 2 is 1.51 bits per heavy atom. The molecule has 0 fully saturated rings. The van der Waals surface area contributed by atoms with Crippen LogP contribution in [0.2, 0.25) is 0 Å². The zero-order valence-electron chi connectivity index (χ0n) is 21.5. The highest BCUT2D eigenvalue weighted by Crippen LogP contribution is 2.46. The van der Waals surface area contributed by atoms with Gasteiger partial charge in [-0.3, -0.25) is 13.9 Å². The first-order chi connectivity index (χ1) is 17.8. The lowest BCUT2D eigenvalue weighted by Crippen LogP contribution is -2.37. The first kappa shape index (κ1) is 22.9. The largest absolute Gasteiger partial charge is 0.477 e. The second-order valence-electron chi connectivity index (χ2n) is 9.82. The van der Waals surface area contributed by atoms with Gasteiger partial charge in [0.25, 0.3) is 5.56 Å². The van der Waals surface area contributed by atoms with Crippen LogP contribution in [0.5, 0.6) is 5.75 Å². The van der Waals surface area contributed by atoms with Crippen LogP contribution in [-0.4, -0.2) is 27.8 Å². The number of anilines is 1. The Bertz CT molecular complexity index is 1790. The highest BCUT2D eigenvalue weighted by molar-refractivity contribution is 5.98. The lowest BCUT2D eigenvalue weighted by atomic mass is 10.0. The number of ether oxygens (including phenoxy) is 1. The van der Waals surface area contributed by atoms with Gasteiger partial charge >= 0.3 is 5.69 Å². The van der Waals surface area contributed by atoms with Crippen LogP contribution in [0.1, 0.15) is 22.9 Å². The maximum atomic E-state index is 13.7. The quantitative estimate of drug-likeness (QED) is 0.371. The van der Waals surface area contributed by atoms with Crippen LogP contribution in [0.15, 0.2) is 82.4 Å². The Morgan fingerprint density at radius 1 is 0.838 bits per heavy atom. The van der Waals surface area contributed by atoms with Crippen LogP contribution < -0.4 is 20.9 Å². The Kier molecular flexibility index (Phi) is 5.12. The van der Waals surface area contributed by atoms with Gasteiger partial charge in [-0.25, -0.2) is 4.79 Å². The highest BCUT2D eigenvalue weighted by Gasteiger charge is 2.36. The molecular weight excluding hydrogens is 464 g/mol. The number of fused-ring (bicyclic) bond motifs is 5. The van der Waals surface area contributed by atoms with Crippen molar-refractivity contribution in [2.75, 3.05) is 19.0 Å². The topological polar surface area (TPSA) is 61.4 Å². The summed E-state index contributed by atoms with van der Waals surface area (Å²) in [4.78, 5) is 28.9.